The minimum atomic E-state index is -0.444. The highest BCUT2D eigenvalue weighted by molar-refractivity contribution is 9.10. The number of hydrogen-bond acceptors (Lipinski definition) is 3. The summed E-state index contributed by atoms with van der Waals surface area (Å²) in [6, 6.07) is 6.80. The number of hydrogen-bond donors (Lipinski definition) is 3. The maximum absolute atomic E-state index is 11.4. The number of nitrogens with one attached hydrogen (secondary N) is 2. The minimum absolute atomic E-state index is 0.134. The van der Waals surface area contributed by atoms with Crippen LogP contribution in [-0.4, -0.2) is 18.4 Å². The Hall–Kier alpha value is -1.40. The molecule has 6 heteroatoms. The lowest BCUT2D eigenvalue weighted by Gasteiger charge is -2.03. The van der Waals surface area contributed by atoms with Crippen LogP contribution in [0.3, 0.4) is 0 Å². The molecule has 4 N–H and O–H groups in total. The van der Waals surface area contributed by atoms with Crippen molar-refractivity contribution in [2.24, 2.45) is 5.84 Å². The van der Waals surface area contributed by atoms with Crippen molar-refractivity contribution in [2.75, 3.05) is 6.54 Å². The van der Waals surface area contributed by atoms with Gasteiger partial charge in [-0.25, -0.2) is 5.84 Å². The lowest BCUT2D eigenvalue weighted by atomic mass is 10.2. The largest absolute Gasteiger partial charge is 0.343 e. The molecular weight excluding hydrogens is 262 g/mol. The minimum Gasteiger partial charge on any atom is -0.343 e. The van der Waals surface area contributed by atoms with Crippen molar-refractivity contribution in [3.05, 3.63) is 34.3 Å². The smallest absolute Gasteiger partial charge is 0.253 e. The van der Waals surface area contributed by atoms with E-state index < -0.39 is 5.91 Å². The number of carbonyl (C=O) groups excluding carboxylic acids is 2. The molecule has 0 heterocycles. The molecule has 1 aromatic rings. The first-order chi connectivity index (χ1) is 7.13. The number of nitrogens with two attached hydrogens (primary N) is 1. The fourth-order valence-electron chi connectivity index (χ4n) is 0.915. The van der Waals surface area contributed by atoms with Crippen LogP contribution in [0, 0.1) is 0 Å². The van der Waals surface area contributed by atoms with Crippen molar-refractivity contribution in [1.29, 1.82) is 0 Å². The van der Waals surface area contributed by atoms with Gasteiger partial charge >= 0.3 is 0 Å². The maximum Gasteiger partial charge on any atom is 0.253 e. The average Bonchev–Trinajstić information content (AvgIpc) is 2.26. The molecule has 0 saturated heterocycles. The normalized spacial score (nSPS) is 9.47. The van der Waals surface area contributed by atoms with Gasteiger partial charge in [0.2, 0.25) is 0 Å². The fraction of sp³-hybridized carbons (Fsp3) is 0.111. The van der Waals surface area contributed by atoms with Gasteiger partial charge in [0.25, 0.3) is 11.8 Å². The summed E-state index contributed by atoms with van der Waals surface area (Å²) in [5, 5.41) is 2.42. The second-order valence-corrected chi connectivity index (χ2v) is 3.67. The van der Waals surface area contributed by atoms with Crippen molar-refractivity contribution in [3.8, 4) is 0 Å². The van der Waals surface area contributed by atoms with Crippen LogP contribution >= 0.6 is 15.9 Å². The van der Waals surface area contributed by atoms with Crippen molar-refractivity contribution < 1.29 is 9.59 Å². The Morgan fingerprint density at radius 2 is 1.87 bits per heavy atom. The van der Waals surface area contributed by atoms with Gasteiger partial charge in [0.05, 0.1) is 6.54 Å². The Labute approximate surface area is 95.1 Å². The van der Waals surface area contributed by atoms with Crippen molar-refractivity contribution in [2.45, 2.75) is 0 Å². The Kier molecular flexibility index (Phi) is 4.26. The Morgan fingerprint density at radius 3 is 2.40 bits per heavy atom. The van der Waals surface area contributed by atoms with Crippen molar-refractivity contribution in [1.82, 2.24) is 10.7 Å². The predicted molar refractivity (Wildman–Crippen MR) is 58.8 cm³/mol. The molecule has 0 spiro atoms. The summed E-state index contributed by atoms with van der Waals surface area (Å²) in [7, 11) is 0. The molecule has 0 aliphatic rings. The van der Waals surface area contributed by atoms with Gasteiger partial charge in [-0.15, -0.1) is 0 Å². The van der Waals surface area contributed by atoms with E-state index in [1.54, 1.807) is 24.3 Å². The van der Waals surface area contributed by atoms with Gasteiger partial charge in [0, 0.05) is 10.0 Å². The lowest BCUT2D eigenvalue weighted by Crippen LogP contribution is -2.40. The van der Waals surface area contributed by atoms with E-state index in [0.29, 0.717) is 5.56 Å². The first-order valence-electron chi connectivity index (χ1n) is 4.16. The number of benzene rings is 1. The second kappa shape index (κ2) is 5.47. The van der Waals surface area contributed by atoms with Crippen LogP contribution in [0.5, 0.6) is 0 Å². The SMILES string of the molecule is NNC(=O)CNC(=O)c1ccc(Br)cc1. The van der Waals surface area contributed by atoms with Crippen LogP contribution in [0.4, 0.5) is 0 Å². The highest BCUT2D eigenvalue weighted by Crippen LogP contribution is 2.10. The molecule has 1 aromatic carbocycles. The Bertz CT molecular complexity index is 364. The van der Waals surface area contributed by atoms with Crippen LogP contribution in [0.2, 0.25) is 0 Å². The van der Waals surface area contributed by atoms with E-state index in [0.717, 1.165) is 4.47 Å². The zero-order valence-corrected chi connectivity index (χ0v) is 9.37. The Morgan fingerprint density at radius 1 is 1.27 bits per heavy atom. The van der Waals surface area contributed by atoms with E-state index >= 15 is 0 Å². The molecule has 0 aliphatic heterocycles. The quantitative estimate of drug-likeness (QED) is 0.416. The van der Waals surface area contributed by atoms with Crippen molar-refractivity contribution >= 4 is 27.7 Å². The maximum atomic E-state index is 11.4. The van der Waals surface area contributed by atoms with Gasteiger partial charge in [-0.2, -0.15) is 0 Å². The molecule has 0 unspecified atom stereocenters. The van der Waals surface area contributed by atoms with Crippen LogP contribution in [0.1, 0.15) is 10.4 Å². The molecule has 5 nitrogen and oxygen atoms in total. The van der Waals surface area contributed by atoms with E-state index in [-0.39, 0.29) is 12.5 Å². The number of amides is 2. The van der Waals surface area contributed by atoms with Gasteiger partial charge in [0.1, 0.15) is 0 Å². The molecule has 80 valence electrons. The predicted octanol–water partition coefficient (Wildman–Crippen LogP) is 0.169. The molecule has 1 rings (SSSR count). The summed E-state index contributed by atoms with van der Waals surface area (Å²) < 4.78 is 0.888. The summed E-state index contributed by atoms with van der Waals surface area (Å²) >= 11 is 3.26. The van der Waals surface area contributed by atoms with Gasteiger partial charge < -0.3 is 5.32 Å². The first kappa shape index (κ1) is 11.7. The number of rotatable bonds is 3. The molecule has 0 aromatic heterocycles. The number of hydrazine groups is 1. The molecule has 0 aliphatic carbocycles. The average molecular weight is 272 g/mol. The van der Waals surface area contributed by atoms with Gasteiger partial charge in [-0.1, -0.05) is 15.9 Å². The summed E-state index contributed by atoms with van der Waals surface area (Å²) in [5.74, 6) is 4.10. The van der Waals surface area contributed by atoms with Gasteiger partial charge in [-0.3, -0.25) is 15.0 Å². The van der Waals surface area contributed by atoms with Crippen LogP contribution in [-0.2, 0) is 4.79 Å². The molecule has 0 radical (unpaired) electrons. The van der Waals surface area contributed by atoms with E-state index in [1.807, 2.05) is 5.43 Å². The molecule has 0 saturated carbocycles. The zero-order chi connectivity index (χ0) is 11.3. The summed E-state index contributed by atoms with van der Waals surface area (Å²) in [5.41, 5.74) is 2.41. The molecule has 2 amide bonds. The summed E-state index contributed by atoms with van der Waals surface area (Å²) in [6.07, 6.45) is 0. The van der Waals surface area contributed by atoms with E-state index in [4.69, 9.17) is 5.84 Å². The van der Waals surface area contributed by atoms with Gasteiger partial charge in [-0.05, 0) is 24.3 Å². The first-order valence-corrected chi connectivity index (χ1v) is 4.96. The number of halogens is 1. The topological polar surface area (TPSA) is 84.2 Å². The van der Waals surface area contributed by atoms with Crippen molar-refractivity contribution in [3.63, 3.8) is 0 Å². The summed E-state index contributed by atoms with van der Waals surface area (Å²) in [4.78, 5) is 22.2. The fourth-order valence-corrected chi connectivity index (χ4v) is 1.18. The standard InChI is InChI=1S/C9H10BrN3O2/c10-7-3-1-6(2-4-7)9(15)12-5-8(14)13-11/h1-4H,5,11H2,(H,12,15)(H,13,14). The Balaban J connectivity index is 2.54. The molecule has 15 heavy (non-hydrogen) atoms. The third-order valence-electron chi connectivity index (χ3n) is 1.68. The van der Waals surface area contributed by atoms with Crippen LogP contribution < -0.4 is 16.6 Å². The zero-order valence-electron chi connectivity index (χ0n) is 7.79. The van der Waals surface area contributed by atoms with E-state index in [1.165, 1.54) is 0 Å². The highest BCUT2D eigenvalue weighted by atomic mass is 79.9. The third-order valence-corrected chi connectivity index (χ3v) is 2.21. The summed E-state index contributed by atoms with van der Waals surface area (Å²) in [6.45, 7) is -0.134. The lowest BCUT2D eigenvalue weighted by molar-refractivity contribution is -0.120. The molecule has 0 atom stereocenters. The van der Waals surface area contributed by atoms with Gasteiger partial charge in [0.15, 0.2) is 0 Å². The van der Waals surface area contributed by atoms with Crippen LogP contribution in [0.15, 0.2) is 28.7 Å². The molecular formula is C9H10BrN3O2. The monoisotopic (exact) mass is 271 g/mol. The number of carbonyl (C=O) groups is 2. The van der Waals surface area contributed by atoms with E-state index in [9.17, 15) is 9.59 Å². The van der Waals surface area contributed by atoms with E-state index in [2.05, 4.69) is 21.2 Å². The highest BCUT2D eigenvalue weighted by Gasteiger charge is 2.06. The van der Waals surface area contributed by atoms with Crippen LogP contribution in [0.25, 0.3) is 0 Å². The molecule has 0 fully saturated rings. The molecule has 0 bridgehead atoms. The second-order valence-electron chi connectivity index (χ2n) is 2.76. The third kappa shape index (κ3) is 3.69.